The second-order valence-electron chi connectivity index (χ2n) is 13.7. The molecule has 0 unspecified atom stereocenters. The number of aromatic nitrogens is 3. The van der Waals surface area contributed by atoms with Gasteiger partial charge in [-0.2, -0.15) is 5.10 Å². The van der Waals surface area contributed by atoms with E-state index in [1.54, 1.807) is 36.1 Å². The molecule has 5 rings (SSSR count). The van der Waals surface area contributed by atoms with Gasteiger partial charge in [-0.15, -0.1) is 0 Å². The fourth-order valence-corrected chi connectivity index (χ4v) is 5.42. The molecular formula is C43H51ClIN5O7. The molecule has 5 aromatic rings. The van der Waals surface area contributed by atoms with E-state index in [0.29, 0.717) is 63.8 Å². The first-order valence-electron chi connectivity index (χ1n) is 18.9. The van der Waals surface area contributed by atoms with E-state index in [1.807, 2.05) is 91.0 Å². The number of amides is 2. The third-order valence-corrected chi connectivity index (χ3v) is 8.24. The molecule has 0 fully saturated rings. The van der Waals surface area contributed by atoms with E-state index in [-0.39, 0.29) is 36.6 Å². The molecule has 12 nitrogen and oxygen atoms in total. The highest BCUT2D eigenvalue weighted by Crippen LogP contribution is 2.30. The maximum Gasteiger partial charge on any atom is 0.324 e. The summed E-state index contributed by atoms with van der Waals surface area (Å²) in [5.41, 5.74) is 4.45. The Balaban J connectivity index is 0.000000722. The Morgan fingerprint density at radius 1 is 0.895 bits per heavy atom. The lowest BCUT2D eigenvalue weighted by atomic mass is 9.92. The molecule has 2 aromatic heterocycles. The van der Waals surface area contributed by atoms with Crippen molar-refractivity contribution < 1.29 is 34.8 Å². The van der Waals surface area contributed by atoms with Gasteiger partial charge in [0.15, 0.2) is 11.6 Å². The summed E-state index contributed by atoms with van der Waals surface area (Å²) in [5.74, 6) is 0.163. The fraction of sp³-hybridized carbons (Fsp3) is 0.349. The van der Waals surface area contributed by atoms with E-state index in [1.165, 1.54) is 6.20 Å². The highest BCUT2D eigenvalue weighted by atomic mass is 127. The van der Waals surface area contributed by atoms with Gasteiger partial charge in [0.05, 0.1) is 36.7 Å². The molecule has 0 spiro atoms. The minimum atomic E-state index is -0.447. The van der Waals surface area contributed by atoms with E-state index in [0.717, 1.165) is 23.4 Å². The lowest BCUT2D eigenvalue weighted by Crippen LogP contribution is -2.21. The molecule has 2 amide bonds. The standard InChI is InChI=1S/C37H39N5O5.C5H9ClO2.CH3I/c1-24-10-12-27(13-11-24)42-34(22-33(41-42)37(2,3)4)40-36(45)39-32-15-14-31(29-8-6-7-9-30(29)32)35(44)25-16-17-38-26(20-25)21-28(43)23-47-19-18-46-5;1-2-3-8-4-5(6)7;1-2/h6-17,20,22H,18-19,21,23H2,1-5H3,(H2,39,40,45);2-4H2,1H3;1H3/i;;1D. The van der Waals surface area contributed by atoms with Gasteiger partial charge in [-0.1, -0.05) is 92.2 Å². The van der Waals surface area contributed by atoms with Crippen LogP contribution in [0.4, 0.5) is 16.3 Å². The summed E-state index contributed by atoms with van der Waals surface area (Å²) >= 11 is 6.90. The number of ether oxygens (including phenoxy) is 3. The number of urea groups is 1. The quantitative estimate of drug-likeness (QED) is 0.0325. The summed E-state index contributed by atoms with van der Waals surface area (Å²) in [7, 11) is 1.56. The molecule has 0 atom stereocenters. The Morgan fingerprint density at radius 3 is 2.23 bits per heavy atom. The molecule has 0 saturated heterocycles. The SMILES string of the molecule is CCCOCC(=O)Cl.COCCOCC(=O)Cc1cc(C(=O)c2ccc(NC(=O)Nc3cc(C(C)(C)C)nn3-c3ccc(C)cc3)c3ccccc23)ccn1.[2H]CI. The van der Waals surface area contributed by atoms with Gasteiger partial charge in [0.2, 0.25) is 5.24 Å². The molecule has 0 aliphatic heterocycles. The highest BCUT2D eigenvalue weighted by Gasteiger charge is 2.22. The molecule has 0 aliphatic carbocycles. The number of carbonyl (C=O) groups is 4. The minimum absolute atomic E-state index is 0.0371. The number of anilines is 2. The van der Waals surface area contributed by atoms with Crippen LogP contribution in [0, 0.1) is 6.92 Å². The first kappa shape index (κ1) is 45.2. The van der Waals surface area contributed by atoms with Crippen LogP contribution in [-0.2, 0) is 35.6 Å². The summed E-state index contributed by atoms with van der Waals surface area (Å²) in [6, 6.07) is 23.4. The van der Waals surface area contributed by atoms with Gasteiger partial charge < -0.3 is 19.5 Å². The summed E-state index contributed by atoms with van der Waals surface area (Å²) in [6.07, 6.45) is 2.49. The molecule has 3 aromatic carbocycles. The van der Waals surface area contributed by atoms with Crippen LogP contribution < -0.4 is 10.6 Å². The first-order valence-corrected chi connectivity index (χ1v) is 20.1. The maximum atomic E-state index is 13.7. The van der Waals surface area contributed by atoms with Crippen LogP contribution in [0.3, 0.4) is 0 Å². The summed E-state index contributed by atoms with van der Waals surface area (Å²) < 4.78 is 22.9. The molecule has 304 valence electrons. The fourth-order valence-electron chi connectivity index (χ4n) is 5.35. The van der Waals surface area contributed by atoms with Crippen molar-refractivity contribution in [1.82, 2.24) is 14.8 Å². The number of rotatable bonds is 16. The molecular weight excluding hydrogens is 861 g/mol. The normalized spacial score (nSPS) is 11.1. The lowest BCUT2D eigenvalue weighted by molar-refractivity contribution is -0.123. The molecule has 0 saturated carbocycles. The van der Waals surface area contributed by atoms with E-state index in [4.69, 9.17) is 32.3 Å². The van der Waals surface area contributed by atoms with Crippen molar-refractivity contribution in [3.8, 4) is 5.69 Å². The van der Waals surface area contributed by atoms with Crippen LogP contribution >= 0.6 is 34.2 Å². The van der Waals surface area contributed by atoms with Crippen molar-refractivity contribution in [3.05, 3.63) is 113 Å². The molecule has 0 bridgehead atoms. The van der Waals surface area contributed by atoms with Crippen molar-refractivity contribution >= 4 is 79.3 Å². The van der Waals surface area contributed by atoms with Gasteiger partial charge in [-0.05, 0) is 71.6 Å². The van der Waals surface area contributed by atoms with Gasteiger partial charge >= 0.3 is 6.03 Å². The van der Waals surface area contributed by atoms with Gasteiger partial charge in [0.1, 0.15) is 19.0 Å². The maximum absolute atomic E-state index is 13.7. The van der Waals surface area contributed by atoms with Crippen LogP contribution in [0.1, 0.15) is 68.4 Å². The number of halogens is 2. The molecule has 2 N–H and O–H groups in total. The number of methoxy groups -OCH3 is 1. The summed E-state index contributed by atoms with van der Waals surface area (Å²) in [4.78, 5) is 54.2. The lowest BCUT2D eigenvalue weighted by Gasteiger charge is -2.14. The van der Waals surface area contributed by atoms with Gasteiger partial charge in [0, 0.05) is 55.0 Å². The zero-order valence-corrected chi connectivity index (χ0v) is 36.1. The average molecular weight is 913 g/mol. The zero-order chi connectivity index (χ0) is 42.7. The van der Waals surface area contributed by atoms with E-state index in [9.17, 15) is 19.2 Å². The molecule has 57 heavy (non-hydrogen) atoms. The van der Waals surface area contributed by atoms with Crippen molar-refractivity contribution in [3.63, 3.8) is 0 Å². The number of aryl methyl sites for hydroxylation is 1. The molecule has 0 aliphatic rings. The molecule has 0 radical (unpaired) electrons. The first-order chi connectivity index (χ1) is 27.7. The van der Waals surface area contributed by atoms with Crippen LogP contribution in [0.15, 0.2) is 85.1 Å². The number of hydrogen-bond donors (Lipinski definition) is 2. The largest absolute Gasteiger partial charge is 0.382 e. The van der Waals surface area contributed by atoms with Crippen LogP contribution in [0.2, 0.25) is 0 Å². The Bertz CT molecular complexity index is 2120. The minimum Gasteiger partial charge on any atom is -0.382 e. The van der Waals surface area contributed by atoms with Gasteiger partial charge in [0.25, 0.3) is 0 Å². The number of nitrogens with one attached hydrogen (secondary N) is 2. The second-order valence-corrected chi connectivity index (χ2v) is 14.2. The monoisotopic (exact) mass is 912 g/mol. The molecule has 14 heteroatoms. The average Bonchev–Trinajstić information content (AvgIpc) is 3.62. The Kier molecular flexibility index (Phi) is 18.7. The third kappa shape index (κ3) is 14.7. The summed E-state index contributed by atoms with van der Waals surface area (Å²) in [6.45, 7) is 11.5. The van der Waals surface area contributed by atoms with Crippen molar-refractivity contribution in [2.75, 3.05) is 55.7 Å². The van der Waals surface area contributed by atoms with Gasteiger partial charge in [-0.3, -0.25) is 24.7 Å². The third-order valence-electron chi connectivity index (χ3n) is 8.13. The smallest absolute Gasteiger partial charge is 0.324 e. The predicted molar refractivity (Wildman–Crippen MR) is 235 cm³/mol. The number of benzene rings is 3. The van der Waals surface area contributed by atoms with E-state index >= 15 is 0 Å². The van der Waals surface area contributed by atoms with Crippen LogP contribution in [0.25, 0.3) is 16.5 Å². The Hall–Kier alpha value is -4.54. The van der Waals surface area contributed by atoms with Crippen molar-refractivity contribution in [1.29, 1.82) is 0 Å². The number of hydrogen-bond acceptors (Lipinski definition) is 9. The van der Waals surface area contributed by atoms with Crippen LogP contribution in [0.5, 0.6) is 0 Å². The highest BCUT2D eigenvalue weighted by molar-refractivity contribution is 14.1. The van der Waals surface area contributed by atoms with E-state index in [2.05, 4.69) is 36.4 Å². The van der Waals surface area contributed by atoms with Gasteiger partial charge in [-0.25, -0.2) is 9.48 Å². The number of nitrogens with zero attached hydrogens (tertiary/aromatic N) is 3. The number of Topliss-reactive ketones (excluding diaryl/α,β-unsaturated/α-hetero) is 1. The molecule has 2 heterocycles. The summed E-state index contributed by atoms with van der Waals surface area (Å²) in [5, 5.41) is 11.7. The zero-order valence-electron chi connectivity index (χ0n) is 34.2. The Morgan fingerprint density at radius 2 is 1.58 bits per heavy atom. The topological polar surface area (TPSA) is 151 Å². The number of pyridine rings is 1. The second kappa shape index (κ2) is 23.6. The van der Waals surface area contributed by atoms with E-state index < -0.39 is 11.3 Å². The van der Waals surface area contributed by atoms with Crippen molar-refractivity contribution in [2.45, 2.75) is 52.9 Å². The Labute approximate surface area is 354 Å². The predicted octanol–water partition coefficient (Wildman–Crippen LogP) is 8.91. The number of ketones is 2. The van der Waals surface area contributed by atoms with Crippen LogP contribution in [-0.4, -0.2) is 82.7 Å². The van der Waals surface area contributed by atoms with Crippen molar-refractivity contribution in [2.24, 2.45) is 0 Å². The number of fused-ring (bicyclic) bond motifs is 1. The number of carbonyl (C=O) groups excluding carboxylic acids is 4. The number of alkyl halides is 1.